The summed E-state index contributed by atoms with van der Waals surface area (Å²) in [5.74, 6) is -0.608. The van der Waals surface area contributed by atoms with E-state index in [4.69, 9.17) is 9.84 Å². The highest BCUT2D eigenvalue weighted by atomic mass is 79.9. The van der Waals surface area contributed by atoms with Crippen molar-refractivity contribution in [3.8, 4) is 5.75 Å². The minimum atomic E-state index is -1.07. The van der Waals surface area contributed by atoms with Crippen LogP contribution < -0.4 is 4.74 Å². The van der Waals surface area contributed by atoms with E-state index in [0.717, 1.165) is 0 Å². The van der Waals surface area contributed by atoms with Crippen molar-refractivity contribution in [1.82, 2.24) is 4.98 Å². The average molecular weight is 232 g/mol. The minimum Gasteiger partial charge on any atom is -0.497 e. The molecule has 1 aromatic heterocycles. The molecule has 5 heteroatoms. The van der Waals surface area contributed by atoms with E-state index < -0.39 is 5.97 Å². The molecule has 4 nitrogen and oxygen atoms in total. The Labute approximate surface area is 77.3 Å². The summed E-state index contributed by atoms with van der Waals surface area (Å²) in [7, 11) is 1.47. The van der Waals surface area contributed by atoms with Gasteiger partial charge in [0.2, 0.25) is 0 Å². The van der Waals surface area contributed by atoms with Gasteiger partial charge in [-0.15, -0.1) is 0 Å². The van der Waals surface area contributed by atoms with Crippen molar-refractivity contribution in [3.05, 3.63) is 22.4 Å². The molecule has 0 saturated heterocycles. The van der Waals surface area contributed by atoms with Gasteiger partial charge in [-0.1, -0.05) is 0 Å². The van der Waals surface area contributed by atoms with Crippen LogP contribution in [-0.2, 0) is 0 Å². The van der Waals surface area contributed by atoms with Crippen molar-refractivity contribution >= 4 is 21.9 Å². The molecule has 1 N–H and O–H groups in total. The first-order chi connectivity index (χ1) is 5.63. The van der Waals surface area contributed by atoms with Crippen LogP contribution in [0.2, 0.25) is 0 Å². The van der Waals surface area contributed by atoms with Gasteiger partial charge in [0.25, 0.3) is 0 Å². The normalized spacial score (nSPS) is 9.50. The van der Waals surface area contributed by atoms with Crippen LogP contribution >= 0.6 is 15.9 Å². The van der Waals surface area contributed by atoms with Crippen molar-refractivity contribution in [2.45, 2.75) is 0 Å². The molecule has 1 aromatic rings. The summed E-state index contributed by atoms with van der Waals surface area (Å²) in [5.41, 5.74) is -0.0405. The molecule has 0 fully saturated rings. The first kappa shape index (κ1) is 8.99. The van der Waals surface area contributed by atoms with Gasteiger partial charge in [-0.05, 0) is 15.9 Å². The minimum absolute atomic E-state index is 0.0405. The number of methoxy groups -OCH3 is 1. The molecule has 0 atom stereocenters. The lowest BCUT2D eigenvalue weighted by Gasteiger charge is -2.00. The van der Waals surface area contributed by atoms with E-state index in [1.807, 2.05) is 0 Å². The summed E-state index contributed by atoms with van der Waals surface area (Å²) in [6.45, 7) is 0. The first-order valence-corrected chi connectivity index (χ1v) is 3.87. The molecule has 0 aromatic carbocycles. The number of hydrogen-bond acceptors (Lipinski definition) is 3. The second-order valence-corrected chi connectivity index (χ2v) is 2.83. The third-order valence-corrected chi connectivity index (χ3v) is 1.63. The Morgan fingerprint density at radius 3 is 2.83 bits per heavy atom. The Morgan fingerprint density at radius 2 is 2.33 bits per heavy atom. The number of ether oxygens (including phenoxy) is 1. The van der Waals surface area contributed by atoms with Gasteiger partial charge in [0.05, 0.1) is 7.11 Å². The maximum absolute atomic E-state index is 10.5. The summed E-state index contributed by atoms with van der Waals surface area (Å²) in [5, 5.41) is 8.59. The predicted molar refractivity (Wildman–Crippen MR) is 45.4 cm³/mol. The van der Waals surface area contributed by atoms with Crippen LogP contribution in [0.1, 0.15) is 10.5 Å². The molecule has 0 aliphatic carbocycles. The molecular formula is C7H6BrNO3. The fourth-order valence-corrected chi connectivity index (χ4v) is 1.12. The number of nitrogens with zero attached hydrogens (tertiary/aromatic N) is 1. The summed E-state index contributed by atoms with van der Waals surface area (Å²) in [4.78, 5) is 14.2. The van der Waals surface area contributed by atoms with Crippen LogP contribution in [0, 0.1) is 0 Å². The Kier molecular flexibility index (Phi) is 2.65. The number of aromatic carboxylic acids is 1. The van der Waals surface area contributed by atoms with E-state index in [-0.39, 0.29) is 5.69 Å². The zero-order chi connectivity index (χ0) is 9.14. The molecule has 64 valence electrons. The van der Waals surface area contributed by atoms with Gasteiger partial charge in [-0.25, -0.2) is 9.78 Å². The van der Waals surface area contributed by atoms with Crippen molar-refractivity contribution in [2.24, 2.45) is 0 Å². The monoisotopic (exact) mass is 231 g/mol. The van der Waals surface area contributed by atoms with Crippen molar-refractivity contribution in [2.75, 3.05) is 7.11 Å². The maximum atomic E-state index is 10.5. The van der Waals surface area contributed by atoms with Crippen LogP contribution in [-0.4, -0.2) is 23.2 Å². The van der Waals surface area contributed by atoms with Gasteiger partial charge in [-0.3, -0.25) is 0 Å². The summed E-state index contributed by atoms with van der Waals surface area (Å²) in [6, 6.07) is 2.94. The standard InChI is InChI=1S/C7H6BrNO3/c1-12-4-2-5(7(10)11)9-6(8)3-4/h2-3H,1H3,(H,10,11). The second-order valence-electron chi connectivity index (χ2n) is 2.02. The molecule has 0 radical (unpaired) electrons. The Bertz CT molecular complexity index is 314. The van der Waals surface area contributed by atoms with E-state index in [1.54, 1.807) is 6.07 Å². The fourth-order valence-electron chi connectivity index (χ4n) is 0.701. The predicted octanol–water partition coefficient (Wildman–Crippen LogP) is 1.55. The molecule has 12 heavy (non-hydrogen) atoms. The lowest BCUT2D eigenvalue weighted by Crippen LogP contribution is -2.00. The summed E-state index contributed by atoms with van der Waals surface area (Å²) >= 11 is 3.07. The Hall–Kier alpha value is -1.10. The molecule has 0 bridgehead atoms. The van der Waals surface area contributed by atoms with Gasteiger partial charge in [0.1, 0.15) is 10.4 Å². The van der Waals surface area contributed by atoms with E-state index >= 15 is 0 Å². The zero-order valence-electron chi connectivity index (χ0n) is 6.24. The third-order valence-electron chi connectivity index (χ3n) is 1.22. The number of carbonyl (C=O) groups is 1. The van der Waals surface area contributed by atoms with E-state index in [0.29, 0.717) is 10.4 Å². The van der Waals surface area contributed by atoms with E-state index in [1.165, 1.54) is 13.2 Å². The Morgan fingerprint density at radius 1 is 1.67 bits per heavy atom. The quantitative estimate of drug-likeness (QED) is 0.786. The van der Waals surface area contributed by atoms with Crippen LogP contribution in [0.25, 0.3) is 0 Å². The number of carboxylic acid groups (broad SMARTS) is 1. The second kappa shape index (κ2) is 3.53. The first-order valence-electron chi connectivity index (χ1n) is 3.08. The lowest BCUT2D eigenvalue weighted by atomic mass is 10.3. The van der Waals surface area contributed by atoms with E-state index in [9.17, 15) is 4.79 Å². The van der Waals surface area contributed by atoms with Crippen LogP contribution in [0.3, 0.4) is 0 Å². The van der Waals surface area contributed by atoms with Crippen LogP contribution in [0.5, 0.6) is 5.75 Å². The molecular weight excluding hydrogens is 226 g/mol. The molecule has 0 aliphatic rings. The number of halogens is 1. The van der Waals surface area contributed by atoms with Crippen molar-refractivity contribution in [1.29, 1.82) is 0 Å². The number of hydrogen-bond donors (Lipinski definition) is 1. The van der Waals surface area contributed by atoms with Crippen molar-refractivity contribution in [3.63, 3.8) is 0 Å². The average Bonchev–Trinajstić information content (AvgIpc) is 2.03. The van der Waals surface area contributed by atoms with Gasteiger partial charge < -0.3 is 9.84 Å². The lowest BCUT2D eigenvalue weighted by molar-refractivity contribution is 0.0690. The third kappa shape index (κ3) is 1.94. The molecule has 1 heterocycles. The number of carboxylic acids is 1. The fraction of sp³-hybridized carbons (Fsp3) is 0.143. The largest absolute Gasteiger partial charge is 0.497 e. The molecule has 0 unspecified atom stereocenters. The Balaban J connectivity index is 3.15. The number of aromatic nitrogens is 1. The highest BCUT2D eigenvalue weighted by Crippen LogP contribution is 2.17. The van der Waals surface area contributed by atoms with Gasteiger partial charge in [-0.2, -0.15) is 0 Å². The highest BCUT2D eigenvalue weighted by molar-refractivity contribution is 9.10. The molecule has 0 aliphatic heterocycles. The molecule has 0 saturated carbocycles. The van der Waals surface area contributed by atoms with Gasteiger partial charge in [0.15, 0.2) is 5.69 Å². The molecule has 0 amide bonds. The van der Waals surface area contributed by atoms with Gasteiger partial charge in [0, 0.05) is 12.1 Å². The zero-order valence-corrected chi connectivity index (χ0v) is 7.83. The maximum Gasteiger partial charge on any atom is 0.354 e. The van der Waals surface area contributed by atoms with Crippen LogP contribution in [0.15, 0.2) is 16.7 Å². The molecule has 0 spiro atoms. The van der Waals surface area contributed by atoms with Gasteiger partial charge >= 0.3 is 5.97 Å². The van der Waals surface area contributed by atoms with E-state index in [2.05, 4.69) is 20.9 Å². The van der Waals surface area contributed by atoms with Crippen molar-refractivity contribution < 1.29 is 14.6 Å². The topological polar surface area (TPSA) is 59.4 Å². The van der Waals surface area contributed by atoms with Crippen LogP contribution in [0.4, 0.5) is 0 Å². The number of rotatable bonds is 2. The highest BCUT2D eigenvalue weighted by Gasteiger charge is 2.07. The smallest absolute Gasteiger partial charge is 0.354 e. The molecule has 1 rings (SSSR count). The SMILES string of the molecule is COc1cc(Br)nc(C(=O)O)c1. The number of pyridine rings is 1. The summed E-state index contributed by atoms with van der Waals surface area (Å²) < 4.78 is 5.30. The summed E-state index contributed by atoms with van der Waals surface area (Å²) in [6.07, 6.45) is 0.